The molecule has 0 aliphatic carbocycles. The van der Waals surface area contributed by atoms with Gasteiger partial charge < -0.3 is 14.6 Å². The summed E-state index contributed by atoms with van der Waals surface area (Å²) in [4.78, 5) is 22.4. The largest absolute Gasteiger partial charge is 0.443 e. The number of hydrogen-bond donors (Lipinski definition) is 1. The van der Waals surface area contributed by atoms with E-state index in [2.05, 4.69) is 21.4 Å². The zero-order chi connectivity index (χ0) is 17.6. The number of fused-ring (bicyclic) bond motifs is 2. The summed E-state index contributed by atoms with van der Waals surface area (Å²) in [7, 11) is 0. The van der Waals surface area contributed by atoms with Crippen molar-refractivity contribution >= 4 is 28.5 Å². The van der Waals surface area contributed by atoms with Crippen LogP contribution in [0.4, 0.5) is 11.5 Å². The molecule has 6 heteroatoms. The molecule has 3 aromatic rings. The number of nitrogens with zero attached hydrogens (tertiary/aromatic N) is 3. The van der Waals surface area contributed by atoms with Crippen LogP contribution in [0.5, 0.6) is 0 Å². The van der Waals surface area contributed by atoms with Gasteiger partial charge in [0, 0.05) is 24.7 Å². The molecular formula is C19H20N4O2. The quantitative estimate of drug-likeness (QED) is 0.772. The van der Waals surface area contributed by atoms with E-state index in [0.29, 0.717) is 12.3 Å². The van der Waals surface area contributed by atoms with Crippen molar-refractivity contribution in [1.29, 1.82) is 0 Å². The van der Waals surface area contributed by atoms with Crippen LogP contribution in [0.25, 0.3) is 11.1 Å². The molecule has 1 aromatic carbocycles. The molecule has 1 aliphatic rings. The number of benzene rings is 1. The van der Waals surface area contributed by atoms with Crippen LogP contribution in [0, 0.1) is 13.8 Å². The Bertz CT molecular complexity index is 963. The Labute approximate surface area is 145 Å². The zero-order valence-corrected chi connectivity index (χ0v) is 14.5. The molecule has 0 saturated heterocycles. The van der Waals surface area contributed by atoms with Crippen LogP contribution in [-0.2, 0) is 4.79 Å². The van der Waals surface area contributed by atoms with Gasteiger partial charge in [0.2, 0.25) is 11.6 Å². The minimum absolute atomic E-state index is 0.0663. The average molecular weight is 336 g/mol. The Balaban J connectivity index is 1.75. The van der Waals surface area contributed by atoms with Gasteiger partial charge >= 0.3 is 0 Å². The molecule has 0 spiro atoms. The fraction of sp³-hybridized carbons (Fsp3) is 0.316. The molecule has 1 atom stereocenters. The molecule has 1 amide bonds. The molecule has 4 rings (SSSR count). The van der Waals surface area contributed by atoms with E-state index in [0.717, 1.165) is 40.2 Å². The maximum atomic E-state index is 11.9. The fourth-order valence-electron chi connectivity index (χ4n) is 3.50. The summed E-state index contributed by atoms with van der Waals surface area (Å²) >= 11 is 0. The molecule has 0 saturated carbocycles. The molecule has 1 N–H and O–H groups in total. The van der Waals surface area contributed by atoms with E-state index < -0.39 is 0 Å². The molecule has 6 nitrogen and oxygen atoms in total. The SMILES string of the molecule is CC(=O)N1CCC(Nc2ncnc3oc(C)c(C)c23)c2ccccc21. The summed E-state index contributed by atoms with van der Waals surface area (Å²) in [6.45, 7) is 6.24. The highest BCUT2D eigenvalue weighted by atomic mass is 16.3. The summed E-state index contributed by atoms with van der Waals surface area (Å²) in [5.74, 6) is 1.69. The molecule has 128 valence electrons. The van der Waals surface area contributed by atoms with Crippen LogP contribution in [0.3, 0.4) is 0 Å². The molecule has 0 fully saturated rings. The predicted molar refractivity (Wildman–Crippen MR) is 96.7 cm³/mol. The Morgan fingerprint density at radius 1 is 1.28 bits per heavy atom. The Morgan fingerprint density at radius 2 is 2.08 bits per heavy atom. The first-order chi connectivity index (χ1) is 12.1. The van der Waals surface area contributed by atoms with E-state index in [1.165, 1.54) is 6.33 Å². The molecular weight excluding hydrogens is 316 g/mol. The number of aromatic nitrogens is 2. The highest BCUT2D eigenvalue weighted by Crippen LogP contribution is 2.37. The van der Waals surface area contributed by atoms with Gasteiger partial charge in [0.15, 0.2) is 0 Å². The van der Waals surface area contributed by atoms with Gasteiger partial charge in [-0.2, -0.15) is 0 Å². The van der Waals surface area contributed by atoms with Crippen LogP contribution in [0.1, 0.15) is 36.3 Å². The number of hydrogen-bond acceptors (Lipinski definition) is 5. The van der Waals surface area contributed by atoms with Gasteiger partial charge in [-0.05, 0) is 31.9 Å². The second-order valence-corrected chi connectivity index (χ2v) is 6.40. The van der Waals surface area contributed by atoms with Crippen LogP contribution >= 0.6 is 0 Å². The third-order valence-corrected chi connectivity index (χ3v) is 4.90. The average Bonchev–Trinajstić information content (AvgIpc) is 2.90. The van der Waals surface area contributed by atoms with Crippen LogP contribution in [-0.4, -0.2) is 22.4 Å². The van der Waals surface area contributed by atoms with Gasteiger partial charge in [-0.25, -0.2) is 9.97 Å². The van der Waals surface area contributed by atoms with E-state index >= 15 is 0 Å². The second kappa shape index (κ2) is 5.88. The van der Waals surface area contributed by atoms with E-state index in [1.807, 2.05) is 36.9 Å². The van der Waals surface area contributed by atoms with Gasteiger partial charge in [-0.3, -0.25) is 4.79 Å². The third kappa shape index (κ3) is 2.54. The van der Waals surface area contributed by atoms with Crippen molar-refractivity contribution in [3.05, 3.63) is 47.5 Å². The van der Waals surface area contributed by atoms with Gasteiger partial charge in [0.1, 0.15) is 17.9 Å². The molecule has 1 aliphatic heterocycles. The van der Waals surface area contributed by atoms with Gasteiger partial charge in [0.25, 0.3) is 0 Å². The van der Waals surface area contributed by atoms with Gasteiger partial charge in [-0.1, -0.05) is 18.2 Å². The zero-order valence-electron chi connectivity index (χ0n) is 14.5. The van der Waals surface area contributed by atoms with E-state index in [-0.39, 0.29) is 11.9 Å². The van der Waals surface area contributed by atoms with Crippen molar-refractivity contribution < 1.29 is 9.21 Å². The van der Waals surface area contributed by atoms with E-state index in [1.54, 1.807) is 6.92 Å². The maximum Gasteiger partial charge on any atom is 0.231 e. The standard InChI is InChI=1S/C19H20N4O2/c1-11-12(2)25-19-17(11)18(20-10-21-19)22-15-8-9-23(13(3)24)16-7-5-4-6-14(15)16/h4-7,10,15H,8-9H2,1-3H3,(H,20,21,22). The summed E-state index contributed by atoms with van der Waals surface area (Å²) in [6.07, 6.45) is 2.33. The number of para-hydroxylation sites is 1. The number of anilines is 2. The van der Waals surface area contributed by atoms with Crippen LogP contribution < -0.4 is 10.2 Å². The first kappa shape index (κ1) is 15.6. The van der Waals surface area contributed by atoms with Gasteiger partial charge in [-0.15, -0.1) is 0 Å². The molecule has 2 aromatic heterocycles. The number of carbonyl (C=O) groups excluding carboxylic acids is 1. The smallest absolute Gasteiger partial charge is 0.231 e. The summed E-state index contributed by atoms with van der Waals surface area (Å²) in [5.41, 5.74) is 3.72. The number of aryl methyl sites for hydroxylation is 2. The first-order valence-electron chi connectivity index (χ1n) is 8.40. The van der Waals surface area contributed by atoms with Crippen molar-refractivity contribution in [1.82, 2.24) is 9.97 Å². The lowest BCUT2D eigenvalue weighted by molar-refractivity contribution is -0.116. The summed E-state index contributed by atoms with van der Waals surface area (Å²) in [6, 6.07) is 8.10. The maximum absolute atomic E-state index is 11.9. The van der Waals surface area contributed by atoms with Crippen molar-refractivity contribution in [3.63, 3.8) is 0 Å². The number of amides is 1. The Morgan fingerprint density at radius 3 is 2.88 bits per heavy atom. The van der Waals surface area contributed by atoms with Crippen molar-refractivity contribution in [2.75, 3.05) is 16.8 Å². The highest BCUT2D eigenvalue weighted by Gasteiger charge is 2.27. The number of nitrogens with one attached hydrogen (secondary N) is 1. The third-order valence-electron chi connectivity index (χ3n) is 4.90. The number of carbonyl (C=O) groups is 1. The van der Waals surface area contributed by atoms with Crippen LogP contribution in [0.2, 0.25) is 0 Å². The lowest BCUT2D eigenvalue weighted by Gasteiger charge is -2.34. The van der Waals surface area contributed by atoms with Gasteiger partial charge in [0.05, 0.1) is 11.4 Å². The van der Waals surface area contributed by atoms with Crippen molar-refractivity contribution in [3.8, 4) is 0 Å². The number of furan rings is 1. The van der Waals surface area contributed by atoms with Crippen molar-refractivity contribution in [2.24, 2.45) is 0 Å². The summed E-state index contributed by atoms with van der Waals surface area (Å²) < 4.78 is 5.70. The first-order valence-corrected chi connectivity index (χ1v) is 8.40. The molecule has 25 heavy (non-hydrogen) atoms. The topological polar surface area (TPSA) is 71.3 Å². The molecule has 0 radical (unpaired) electrons. The second-order valence-electron chi connectivity index (χ2n) is 6.40. The predicted octanol–water partition coefficient (Wildman–Crippen LogP) is 3.75. The lowest BCUT2D eigenvalue weighted by Crippen LogP contribution is -2.36. The molecule has 3 heterocycles. The molecule has 0 bridgehead atoms. The van der Waals surface area contributed by atoms with Crippen molar-refractivity contribution in [2.45, 2.75) is 33.2 Å². The number of rotatable bonds is 2. The van der Waals surface area contributed by atoms with Crippen LogP contribution in [0.15, 0.2) is 35.0 Å². The Hall–Kier alpha value is -2.89. The highest BCUT2D eigenvalue weighted by molar-refractivity contribution is 5.93. The monoisotopic (exact) mass is 336 g/mol. The fourth-order valence-corrected chi connectivity index (χ4v) is 3.50. The van der Waals surface area contributed by atoms with E-state index in [4.69, 9.17) is 4.42 Å². The Kier molecular flexibility index (Phi) is 3.67. The normalized spacial score (nSPS) is 16.8. The lowest BCUT2D eigenvalue weighted by atomic mass is 9.96. The van der Waals surface area contributed by atoms with E-state index in [9.17, 15) is 4.79 Å². The summed E-state index contributed by atoms with van der Waals surface area (Å²) in [5, 5.41) is 4.47. The minimum Gasteiger partial charge on any atom is -0.443 e. The molecule has 1 unspecified atom stereocenters. The minimum atomic E-state index is 0.0663.